The van der Waals surface area contributed by atoms with E-state index in [1.807, 2.05) is 0 Å². The highest BCUT2D eigenvalue weighted by Gasteiger charge is 2.28. The molecule has 168 valence electrons. The van der Waals surface area contributed by atoms with Crippen molar-refractivity contribution in [3.05, 3.63) is 53.3 Å². The molecule has 0 spiro atoms. The van der Waals surface area contributed by atoms with E-state index in [4.69, 9.17) is 23.7 Å². The van der Waals surface area contributed by atoms with Crippen molar-refractivity contribution in [2.75, 3.05) is 34.0 Å². The first-order valence-electron chi connectivity index (χ1n) is 10.4. The fraction of sp³-hybridized carbons (Fsp3) is 0.333. The van der Waals surface area contributed by atoms with Gasteiger partial charge in [0.15, 0.2) is 23.9 Å². The number of Topliss-reactive ketones (excluding diaryl/α,β-unsaturated/α-hetero) is 1. The first-order valence-corrected chi connectivity index (χ1v) is 10.4. The summed E-state index contributed by atoms with van der Waals surface area (Å²) in [6.45, 7) is 1.08. The Morgan fingerprint density at radius 3 is 2.84 bits per heavy atom. The van der Waals surface area contributed by atoms with E-state index < -0.39 is 0 Å². The van der Waals surface area contributed by atoms with Crippen molar-refractivity contribution in [1.82, 2.24) is 5.32 Å². The molecular weight excluding hydrogens is 414 g/mol. The number of hydrogen-bond acceptors (Lipinski definition) is 7. The van der Waals surface area contributed by atoms with Crippen LogP contribution in [-0.4, -0.2) is 51.8 Å². The molecule has 0 aliphatic carbocycles. The van der Waals surface area contributed by atoms with Gasteiger partial charge in [-0.3, -0.25) is 9.59 Å². The highest BCUT2D eigenvalue weighted by Crippen LogP contribution is 2.37. The minimum atomic E-state index is -0.245. The quantitative estimate of drug-likeness (QED) is 0.632. The van der Waals surface area contributed by atoms with Crippen molar-refractivity contribution >= 4 is 17.8 Å². The molecule has 32 heavy (non-hydrogen) atoms. The molecule has 2 aromatic rings. The Balaban J connectivity index is 1.41. The zero-order chi connectivity index (χ0) is 22.5. The third-order valence-electron chi connectivity index (χ3n) is 5.28. The standard InChI is InChI=1S/C24H25NO7/c1-28-19-7-3-5-15(24(19)29-2)11-21-23(27)18-9-8-16(12-20(18)32-21)31-14-22(26)25-13-17-6-4-10-30-17/h3,5,7-9,11-12,17H,4,6,10,13-14H2,1-2H3,(H,25,26). The number of amides is 1. The molecule has 4 rings (SSSR count). The molecule has 0 saturated carbocycles. The van der Waals surface area contributed by atoms with E-state index >= 15 is 0 Å². The number of carbonyl (C=O) groups excluding carboxylic acids is 2. The molecule has 2 aromatic carbocycles. The number of rotatable bonds is 8. The van der Waals surface area contributed by atoms with Gasteiger partial charge in [0.1, 0.15) is 11.5 Å². The molecule has 8 heteroatoms. The van der Waals surface area contributed by atoms with E-state index in [-0.39, 0.29) is 30.2 Å². The van der Waals surface area contributed by atoms with Gasteiger partial charge in [0.05, 0.1) is 25.9 Å². The van der Waals surface area contributed by atoms with Gasteiger partial charge in [-0.25, -0.2) is 0 Å². The third-order valence-corrected chi connectivity index (χ3v) is 5.28. The average molecular weight is 439 g/mol. The smallest absolute Gasteiger partial charge is 0.258 e. The summed E-state index contributed by atoms with van der Waals surface area (Å²) in [7, 11) is 3.08. The fourth-order valence-electron chi connectivity index (χ4n) is 3.66. The van der Waals surface area contributed by atoms with Gasteiger partial charge >= 0.3 is 0 Å². The molecule has 1 N–H and O–H groups in total. The minimum absolute atomic E-state index is 0.0757. The molecule has 8 nitrogen and oxygen atoms in total. The van der Waals surface area contributed by atoms with Crippen molar-refractivity contribution in [3.63, 3.8) is 0 Å². The highest BCUT2D eigenvalue weighted by atomic mass is 16.5. The number of nitrogens with one attached hydrogen (secondary N) is 1. The maximum Gasteiger partial charge on any atom is 0.258 e. The first-order chi connectivity index (χ1) is 15.6. The zero-order valence-corrected chi connectivity index (χ0v) is 18.0. The first kappa shape index (κ1) is 21.7. The summed E-state index contributed by atoms with van der Waals surface area (Å²) in [6.07, 6.45) is 3.66. The molecule has 2 aliphatic heterocycles. The molecular formula is C24H25NO7. The maximum absolute atomic E-state index is 12.8. The van der Waals surface area contributed by atoms with Crippen LogP contribution in [0.2, 0.25) is 0 Å². The van der Waals surface area contributed by atoms with Gasteiger partial charge < -0.3 is 29.0 Å². The van der Waals surface area contributed by atoms with E-state index in [0.717, 1.165) is 19.4 Å². The van der Waals surface area contributed by atoms with Crippen LogP contribution in [0.4, 0.5) is 0 Å². The number of ketones is 1. The van der Waals surface area contributed by atoms with Crippen LogP contribution in [-0.2, 0) is 9.53 Å². The summed E-state index contributed by atoms with van der Waals surface area (Å²) >= 11 is 0. The van der Waals surface area contributed by atoms with Crippen LogP contribution in [0.1, 0.15) is 28.8 Å². The Morgan fingerprint density at radius 1 is 1.22 bits per heavy atom. The summed E-state index contributed by atoms with van der Waals surface area (Å²) in [4.78, 5) is 24.8. The van der Waals surface area contributed by atoms with Crippen LogP contribution < -0.4 is 24.3 Å². The lowest BCUT2D eigenvalue weighted by atomic mass is 10.1. The minimum Gasteiger partial charge on any atom is -0.493 e. The lowest BCUT2D eigenvalue weighted by Gasteiger charge is -2.11. The average Bonchev–Trinajstić information content (AvgIpc) is 3.44. The van der Waals surface area contributed by atoms with E-state index in [1.165, 1.54) is 7.11 Å². The number of benzene rings is 2. The predicted molar refractivity (Wildman–Crippen MR) is 116 cm³/mol. The molecule has 1 saturated heterocycles. The Bertz CT molecular complexity index is 1040. The predicted octanol–water partition coefficient (Wildman–Crippen LogP) is 2.99. The zero-order valence-electron chi connectivity index (χ0n) is 18.0. The monoisotopic (exact) mass is 439 g/mol. The van der Waals surface area contributed by atoms with Crippen molar-refractivity contribution < 1.29 is 33.3 Å². The SMILES string of the molecule is COc1cccc(C=C2Oc3cc(OCC(=O)NCC4CCCO4)ccc3C2=O)c1OC. The number of carbonyl (C=O) groups is 2. The Morgan fingerprint density at radius 2 is 2.09 bits per heavy atom. The van der Waals surface area contributed by atoms with Crippen molar-refractivity contribution in [1.29, 1.82) is 0 Å². The number of fused-ring (bicyclic) bond motifs is 1. The molecule has 0 radical (unpaired) electrons. The molecule has 2 aliphatic rings. The second kappa shape index (κ2) is 9.74. The van der Waals surface area contributed by atoms with Crippen LogP contribution in [0, 0.1) is 0 Å². The largest absolute Gasteiger partial charge is 0.493 e. The van der Waals surface area contributed by atoms with Crippen molar-refractivity contribution in [2.24, 2.45) is 0 Å². The summed E-state index contributed by atoms with van der Waals surface area (Å²) in [5.41, 5.74) is 1.08. The second-order valence-electron chi connectivity index (χ2n) is 7.41. The van der Waals surface area contributed by atoms with Crippen LogP contribution in [0.5, 0.6) is 23.0 Å². The fourth-order valence-corrected chi connectivity index (χ4v) is 3.66. The van der Waals surface area contributed by atoms with E-state index in [0.29, 0.717) is 40.7 Å². The molecule has 1 amide bonds. The van der Waals surface area contributed by atoms with Gasteiger partial charge in [-0.15, -0.1) is 0 Å². The highest BCUT2D eigenvalue weighted by molar-refractivity contribution is 6.14. The molecule has 1 unspecified atom stereocenters. The van der Waals surface area contributed by atoms with E-state index in [9.17, 15) is 9.59 Å². The number of hydrogen-bond donors (Lipinski definition) is 1. The van der Waals surface area contributed by atoms with Gasteiger partial charge in [-0.05, 0) is 37.1 Å². The molecule has 1 atom stereocenters. The van der Waals surface area contributed by atoms with Gasteiger partial charge in [0, 0.05) is 24.8 Å². The Hall–Kier alpha value is -3.52. The van der Waals surface area contributed by atoms with Crippen LogP contribution >= 0.6 is 0 Å². The number of ether oxygens (including phenoxy) is 5. The number of allylic oxidation sites excluding steroid dienone is 1. The lowest BCUT2D eigenvalue weighted by molar-refractivity contribution is -0.123. The van der Waals surface area contributed by atoms with Gasteiger partial charge in [0.25, 0.3) is 5.91 Å². The van der Waals surface area contributed by atoms with Crippen molar-refractivity contribution in [3.8, 4) is 23.0 Å². The Kier molecular flexibility index (Phi) is 6.61. The normalized spacial score (nSPS) is 18.2. The van der Waals surface area contributed by atoms with Gasteiger partial charge in [0.2, 0.25) is 5.78 Å². The van der Waals surface area contributed by atoms with Gasteiger partial charge in [-0.2, -0.15) is 0 Å². The van der Waals surface area contributed by atoms with Crippen LogP contribution in [0.25, 0.3) is 6.08 Å². The molecule has 1 fully saturated rings. The topological polar surface area (TPSA) is 92.3 Å². The number of methoxy groups -OCH3 is 2. The summed E-state index contributed by atoms with van der Waals surface area (Å²) in [6, 6.07) is 10.2. The molecule has 0 bridgehead atoms. The second-order valence-corrected chi connectivity index (χ2v) is 7.41. The summed E-state index contributed by atoms with van der Waals surface area (Å²) in [5.74, 6) is 1.56. The van der Waals surface area contributed by atoms with Gasteiger partial charge in [-0.1, -0.05) is 12.1 Å². The van der Waals surface area contributed by atoms with Crippen molar-refractivity contribution in [2.45, 2.75) is 18.9 Å². The van der Waals surface area contributed by atoms with Crippen LogP contribution in [0.3, 0.4) is 0 Å². The lowest BCUT2D eigenvalue weighted by Crippen LogP contribution is -2.35. The number of para-hydroxylation sites is 1. The van der Waals surface area contributed by atoms with E-state index in [1.54, 1.807) is 49.6 Å². The Labute approximate surface area is 186 Å². The van der Waals surface area contributed by atoms with Crippen LogP contribution in [0.15, 0.2) is 42.2 Å². The molecule has 0 aromatic heterocycles. The third kappa shape index (κ3) is 4.70. The summed E-state index contributed by atoms with van der Waals surface area (Å²) in [5, 5.41) is 2.80. The molecule has 2 heterocycles. The van der Waals surface area contributed by atoms with E-state index in [2.05, 4.69) is 5.32 Å². The summed E-state index contributed by atoms with van der Waals surface area (Å²) < 4.78 is 27.5. The maximum atomic E-state index is 12.8.